The van der Waals surface area contributed by atoms with Crippen molar-refractivity contribution in [2.75, 3.05) is 25.5 Å². The lowest BCUT2D eigenvalue weighted by Crippen LogP contribution is -2.42. The second-order valence-corrected chi connectivity index (χ2v) is 5.41. The first-order valence-electron chi connectivity index (χ1n) is 6.97. The van der Waals surface area contributed by atoms with Gasteiger partial charge in [-0.2, -0.15) is 13.2 Å². The summed E-state index contributed by atoms with van der Waals surface area (Å²) in [6.45, 7) is 2.19. The Morgan fingerprint density at radius 2 is 1.90 bits per heavy atom. The number of carbonyl (C=O) groups excluding carboxylic acids is 1. The molecule has 1 aliphatic heterocycles. The molecule has 1 N–H and O–H groups in total. The number of carbonyl (C=O) groups is 1. The highest BCUT2D eigenvalue weighted by Crippen LogP contribution is 2.34. The third kappa shape index (κ3) is 3.49. The molecule has 1 aromatic rings. The van der Waals surface area contributed by atoms with E-state index in [0.717, 1.165) is 5.56 Å². The van der Waals surface area contributed by atoms with Crippen molar-refractivity contribution < 1.29 is 18.0 Å². The number of likely N-dealkylation sites (tertiary alicyclic amines) is 1. The van der Waals surface area contributed by atoms with Crippen LogP contribution < -0.4 is 5.32 Å². The Labute approximate surface area is 122 Å². The van der Waals surface area contributed by atoms with E-state index >= 15 is 0 Å². The van der Waals surface area contributed by atoms with Crippen LogP contribution >= 0.6 is 0 Å². The maximum atomic E-state index is 12.7. The zero-order valence-electron chi connectivity index (χ0n) is 12.1. The van der Waals surface area contributed by atoms with E-state index in [1.54, 1.807) is 13.1 Å². The summed E-state index contributed by atoms with van der Waals surface area (Å²) in [6.07, 6.45) is -4.19. The minimum atomic E-state index is -4.16. The van der Waals surface area contributed by atoms with E-state index < -0.39 is 12.1 Å². The Kier molecular flexibility index (Phi) is 4.44. The monoisotopic (exact) mass is 300 g/mol. The minimum absolute atomic E-state index is 0.0179. The largest absolute Gasteiger partial charge is 0.391 e. The number of hydrogen-bond acceptors (Lipinski definition) is 2. The number of aryl methyl sites for hydroxylation is 1. The fourth-order valence-electron chi connectivity index (χ4n) is 2.63. The third-order valence-electron chi connectivity index (χ3n) is 3.92. The number of rotatable bonds is 2. The third-order valence-corrected chi connectivity index (χ3v) is 3.92. The van der Waals surface area contributed by atoms with Crippen molar-refractivity contribution in [2.45, 2.75) is 25.9 Å². The van der Waals surface area contributed by atoms with Crippen molar-refractivity contribution in [3.05, 3.63) is 29.3 Å². The van der Waals surface area contributed by atoms with E-state index in [1.165, 1.54) is 4.90 Å². The van der Waals surface area contributed by atoms with Crippen LogP contribution in [0.25, 0.3) is 0 Å². The van der Waals surface area contributed by atoms with Gasteiger partial charge >= 0.3 is 6.18 Å². The standard InChI is InChI=1S/C15H19F3N2O/c1-10-3-4-13(19-2)12(9-10)14(21)20-7-5-11(6-8-20)15(16,17)18/h3-4,9,11,19H,5-8H2,1-2H3. The lowest BCUT2D eigenvalue weighted by Gasteiger charge is -2.33. The number of anilines is 1. The molecule has 21 heavy (non-hydrogen) atoms. The van der Waals surface area contributed by atoms with Gasteiger partial charge in [0.25, 0.3) is 5.91 Å². The molecular weight excluding hydrogens is 281 g/mol. The quantitative estimate of drug-likeness (QED) is 0.907. The molecule has 0 aliphatic carbocycles. The van der Waals surface area contributed by atoms with Gasteiger partial charge in [0.05, 0.1) is 11.5 Å². The predicted octanol–water partition coefficient (Wildman–Crippen LogP) is 3.45. The molecule has 0 bridgehead atoms. The topological polar surface area (TPSA) is 32.3 Å². The number of benzene rings is 1. The number of amides is 1. The van der Waals surface area contributed by atoms with Crippen LogP contribution in [0.3, 0.4) is 0 Å². The summed E-state index contributed by atoms with van der Waals surface area (Å²) >= 11 is 0. The van der Waals surface area contributed by atoms with Gasteiger partial charge in [0.1, 0.15) is 0 Å². The summed E-state index contributed by atoms with van der Waals surface area (Å²) in [5.41, 5.74) is 2.16. The first-order chi connectivity index (χ1) is 9.82. The molecule has 1 saturated heterocycles. The van der Waals surface area contributed by atoms with Crippen LogP contribution in [0.5, 0.6) is 0 Å². The molecule has 1 amide bonds. The first-order valence-corrected chi connectivity index (χ1v) is 6.97. The Morgan fingerprint density at radius 1 is 1.29 bits per heavy atom. The van der Waals surface area contributed by atoms with Crippen molar-refractivity contribution in [1.29, 1.82) is 0 Å². The maximum Gasteiger partial charge on any atom is 0.391 e. The summed E-state index contributed by atoms with van der Waals surface area (Å²) in [7, 11) is 1.72. The maximum absolute atomic E-state index is 12.7. The molecule has 0 radical (unpaired) electrons. The molecule has 3 nitrogen and oxygen atoms in total. The van der Waals surface area contributed by atoms with Crippen LogP contribution in [0.2, 0.25) is 0 Å². The molecule has 1 aliphatic rings. The Balaban J connectivity index is 2.11. The van der Waals surface area contributed by atoms with Crippen LogP contribution in [0.15, 0.2) is 18.2 Å². The zero-order valence-corrected chi connectivity index (χ0v) is 12.1. The normalized spacial score (nSPS) is 16.9. The summed E-state index contributed by atoms with van der Waals surface area (Å²) in [5, 5.41) is 2.95. The summed E-state index contributed by atoms with van der Waals surface area (Å²) < 4.78 is 38.0. The lowest BCUT2D eigenvalue weighted by atomic mass is 9.95. The average molecular weight is 300 g/mol. The van der Waals surface area contributed by atoms with Gasteiger partial charge in [-0.25, -0.2) is 0 Å². The van der Waals surface area contributed by atoms with E-state index in [-0.39, 0.29) is 31.8 Å². The van der Waals surface area contributed by atoms with Gasteiger partial charge < -0.3 is 10.2 Å². The van der Waals surface area contributed by atoms with E-state index in [4.69, 9.17) is 0 Å². The van der Waals surface area contributed by atoms with Gasteiger partial charge in [-0.3, -0.25) is 4.79 Å². The molecule has 0 atom stereocenters. The van der Waals surface area contributed by atoms with E-state index in [1.807, 2.05) is 19.1 Å². The van der Waals surface area contributed by atoms with Gasteiger partial charge in [-0.1, -0.05) is 11.6 Å². The van der Waals surface area contributed by atoms with Crippen molar-refractivity contribution in [3.63, 3.8) is 0 Å². The van der Waals surface area contributed by atoms with Crippen LogP contribution in [0.4, 0.5) is 18.9 Å². The molecule has 2 rings (SSSR count). The number of halogens is 3. The molecular formula is C15H19F3N2O. The second-order valence-electron chi connectivity index (χ2n) is 5.41. The van der Waals surface area contributed by atoms with Gasteiger partial charge in [-0.05, 0) is 31.9 Å². The zero-order chi connectivity index (χ0) is 15.6. The van der Waals surface area contributed by atoms with E-state index in [9.17, 15) is 18.0 Å². The molecule has 1 aromatic carbocycles. The average Bonchev–Trinajstić information content (AvgIpc) is 2.45. The molecule has 0 spiro atoms. The van der Waals surface area contributed by atoms with Crippen LogP contribution in [-0.4, -0.2) is 37.1 Å². The van der Waals surface area contributed by atoms with Crippen molar-refractivity contribution in [3.8, 4) is 0 Å². The summed E-state index contributed by atoms with van der Waals surface area (Å²) in [5.74, 6) is -1.49. The molecule has 116 valence electrons. The SMILES string of the molecule is CNc1ccc(C)cc1C(=O)N1CCC(C(F)(F)F)CC1. The van der Waals surface area contributed by atoms with E-state index in [2.05, 4.69) is 5.32 Å². The molecule has 1 fully saturated rings. The minimum Gasteiger partial charge on any atom is -0.387 e. The number of piperidine rings is 1. The first kappa shape index (κ1) is 15.7. The fourth-order valence-corrected chi connectivity index (χ4v) is 2.63. The molecule has 0 unspecified atom stereocenters. The van der Waals surface area contributed by atoms with Crippen molar-refractivity contribution in [2.24, 2.45) is 5.92 Å². The number of nitrogens with zero attached hydrogens (tertiary/aromatic N) is 1. The Bertz CT molecular complexity index is 520. The summed E-state index contributed by atoms with van der Waals surface area (Å²) in [4.78, 5) is 14.0. The molecule has 0 aromatic heterocycles. The number of alkyl halides is 3. The van der Waals surface area contributed by atoms with Crippen LogP contribution in [0.1, 0.15) is 28.8 Å². The number of hydrogen-bond donors (Lipinski definition) is 1. The summed E-state index contributed by atoms with van der Waals surface area (Å²) in [6, 6.07) is 5.47. The van der Waals surface area contributed by atoms with Gasteiger partial charge in [-0.15, -0.1) is 0 Å². The predicted molar refractivity (Wildman–Crippen MR) is 75.4 cm³/mol. The molecule has 6 heteroatoms. The van der Waals surface area contributed by atoms with Gasteiger partial charge in [0.15, 0.2) is 0 Å². The smallest absolute Gasteiger partial charge is 0.387 e. The van der Waals surface area contributed by atoms with Crippen LogP contribution in [0, 0.1) is 12.8 Å². The highest BCUT2D eigenvalue weighted by Gasteiger charge is 2.41. The highest BCUT2D eigenvalue weighted by molar-refractivity contribution is 5.99. The second kappa shape index (κ2) is 5.95. The fraction of sp³-hybridized carbons (Fsp3) is 0.533. The molecule has 0 saturated carbocycles. The van der Waals surface area contributed by atoms with Crippen LogP contribution in [-0.2, 0) is 0 Å². The van der Waals surface area contributed by atoms with Crippen molar-refractivity contribution in [1.82, 2.24) is 4.90 Å². The number of nitrogens with one attached hydrogen (secondary N) is 1. The Morgan fingerprint density at radius 3 is 2.43 bits per heavy atom. The van der Waals surface area contributed by atoms with E-state index in [0.29, 0.717) is 11.3 Å². The Hall–Kier alpha value is -1.72. The van der Waals surface area contributed by atoms with Gasteiger partial charge in [0.2, 0.25) is 0 Å². The lowest BCUT2D eigenvalue weighted by molar-refractivity contribution is -0.183. The molecule has 1 heterocycles. The van der Waals surface area contributed by atoms with Crippen molar-refractivity contribution >= 4 is 11.6 Å². The van der Waals surface area contributed by atoms with Gasteiger partial charge in [0, 0.05) is 25.8 Å². The highest BCUT2D eigenvalue weighted by atomic mass is 19.4.